The Balaban J connectivity index is 2.38. The fourth-order valence-corrected chi connectivity index (χ4v) is 1.64. The second kappa shape index (κ2) is 2.94. The minimum atomic E-state index is 0.553. The van der Waals surface area contributed by atoms with Crippen LogP contribution in [0.25, 0.3) is 5.57 Å². The van der Waals surface area contributed by atoms with Crippen LogP contribution in [0.3, 0.4) is 0 Å². The highest BCUT2D eigenvalue weighted by Crippen LogP contribution is 2.28. The third-order valence-corrected chi connectivity index (χ3v) is 2.23. The number of aldehydes is 1. The average Bonchev–Trinajstić information content (AvgIpc) is 2.50. The Labute approximate surface area is 71.7 Å². The van der Waals surface area contributed by atoms with Crippen LogP contribution in [0.1, 0.15) is 17.5 Å². The van der Waals surface area contributed by atoms with Crippen LogP contribution in [-0.4, -0.2) is 6.29 Å². The van der Waals surface area contributed by atoms with Crippen LogP contribution in [-0.2, 0) is 11.2 Å². The van der Waals surface area contributed by atoms with Gasteiger partial charge in [-0.2, -0.15) is 0 Å². The van der Waals surface area contributed by atoms with Gasteiger partial charge in [0, 0.05) is 6.42 Å². The molecular weight excluding hydrogens is 148 g/mol. The maximum absolute atomic E-state index is 10.3. The predicted molar refractivity (Wildman–Crippen MR) is 48.8 cm³/mol. The van der Waals surface area contributed by atoms with E-state index in [0.29, 0.717) is 6.42 Å². The van der Waals surface area contributed by atoms with Gasteiger partial charge in [0.05, 0.1) is 0 Å². The molecule has 1 nitrogen and oxygen atoms in total. The maximum atomic E-state index is 10.3. The van der Waals surface area contributed by atoms with E-state index in [2.05, 4.69) is 18.2 Å². The maximum Gasteiger partial charge on any atom is 0.124 e. The van der Waals surface area contributed by atoms with E-state index in [-0.39, 0.29) is 0 Å². The first-order chi connectivity index (χ1) is 5.92. The van der Waals surface area contributed by atoms with E-state index in [0.717, 1.165) is 12.7 Å². The number of carbonyl (C=O) groups is 1. The van der Waals surface area contributed by atoms with Crippen LogP contribution in [0, 0.1) is 0 Å². The first kappa shape index (κ1) is 7.29. The molecule has 1 aromatic carbocycles. The topological polar surface area (TPSA) is 17.1 Å². The average molecular weight is 158 g/mol. The van der Waals surface area contributed by atoms with Gasteiger partial charge in [-0.15, -0.1) is 0 Å². The summed E-state index contributed by atoms with van der Waals surface area (Å²) in [4.78, 5) is 10.3. The molecule has 1 heteroatoms. The largest absolute Gasteiger partial charge is 0.303 e. The number of hydrogen-bond donors (Lipinski definition) is 0. The van der Waals surface area contributed by atoms with Crippen molar-refractivity contribution in [2.75, 3.05) is 0 Å². The molecule has 0 saturated carbocycles. The molecule has 0 spiro atoms. The fraction of sp³-hybridized carbons (Fsp3) is 0.182. The first-order valence-corrected chi connectivity index (χ1v) is 4.13. The molecule has 1 aliphatic carbocycles. The first-order valence-electron chi connectivity index (χ1n) is 4.13. The summed E-state index contributed by atoms with van der Waals surface area (Å²) in [5.74, 6) is 0. The van der Waals surface area contributed by atoms with Crippen molar-refractivity contribution in [3.8, 4) is 0 Å². The number of benzene rings is 1. The molecule has 12 heavy (non-hydrogen) atoms. The Morgan fingerprint density at radius 1 is 1.33 bits per heavy atom. The van der Waals surface area contributed by atoms with Gasteiger partial charge in [0.1, 0.15) is 6.29 Å². The van der Waals surface area contributed by atoms with Gasteiger partial charge in [0.2, 0.25) is 0 Å². The van der Waals surface area contributed by atoms with Crippen LogP contribution >= 0.6 is 0 Å². The summed E-state index contributed by atoms with van der Waals surface area (Å²) in [6.45, 7) is 0. The highest BCUT2D eigenvalue weighted by molar-refractivity contribution is 5.81. The molecule has 0 heterocycles. The Morgan fingerprint density at radius 3 is 3.00 bits per heavy atom. The highest BCUT2D eigenvalue weighted by Gasteiger charge is 2.11. The molecule has 0 unspecified atom stereocenters. The molecular formula is C11H10O. The van der Waals surface area contributed by atoms with Crippen LogP contribution in [0.15, 0.2) is 30.3 Å². The lowest BCUT2D eigenvalue weighted by atomic mass is 10.0. The molecule has 0 bridgehead atoms. The van der Waals surface area contributed by atoms with Crippen molar-refractivity contribution in [3.05, 3.63) is 41.5 Å². The Hall–Kier alpha value is -1.37. The standard InChI is InChI=1S/C11H10O/c12-8-7-10-6-5-9-3-1-2-4-11(9)10/h1-4,6,8H,5,7H2. The second-order valence-electron chi connectivity index (χ2n) is 2.96. The van der Waals surface area contributed by atoms with Gasteiger partial charge < -0.3 is 4.79 Å². The van der Waals surface area contributed by atoms with E-state index in [1.807, 2.05) is 12.1 Å². The molecule has 1 aliphatic rings. The fourth-order valence-electron chi connectivity index (χ4n) is 1.64. The number of rotatable bonds is 2. The third kappa shape index (κ3) is 1.07. The minimum Gasteiger partial charge on any atom is -0.303 e. The second-order valence-corrected chi connectivity index (χ2v) is 2.96. The predicted octanol–water partition coefficient (Wildman–Crippen LogP) is 2.22. The zero-order valence-corrected chi connectivity index (χ0v) is 6.79. The van der Waals surface area contributed by atoms with Gasteiger partial charge >= 0.3 is 0 Å². The molecule has 0 aromatic heterocycles. The smallest absolute Gasteiger partial charge is 0.124 e. The number of carbonyl (C=O) groups excluding carboxylic acids is 1. The van der Waals surface area contributed by atoms with Gasteiger partial charge in [-0.1, -0.05) is 30.3 Å². The van der Waals surface area contributed by atoms with E-state index in [1.165, 1.54) is 16.7 Å². The summed E-state index contributed by atoms with van der Waals surface area (Å²) >= 11 is 0. The quantitative estimate of drug-likeness (QED) is 0.603. The number of hydrogen-bond acceptors (Lipinski definition) is 1. The molecule has 0 radical (unpaired) electrons. The van der Waals surface area contributed by atoms with Crippen LogP contribution in [0.2, 0.25) is 0 Å². The van der Waals surface area contributed by atoms with Crippen molar-refractivity contribution in [2.24, 2.45) is 0 Å². The van der Waals surface area contributed by atoms with Crippen molar-refractivity contribution in [1.82, 2.24) is 0 Å². The van der Waals surface area contributed by atoms with E-state index >= 15 is 0 Å². The van der Waals surface area contributed by atoms with Crippen molar-refractivity contribution in [2.45, 2.75) is 12.8 Å². The molecule has 0 amide bonds. The molecule has 0 fully saturated rings. The van der Waals surface area contributed by atoms with E-state index in [4.69, 9.17) is 0 Å². The van der Waals surface area contributed by atoms with Crippen molar-refractivity contribution in [1.29, 1.82) is 0 Å². The van der Waals surface area contributed by atoms with Crippen molar-refractivity contribution in [3.63, 3.8) is 0 Å². The van der Waals surface area contributed by atoms with Gasteiger partial charge in [-0.25, -0.2) is 0 Å². The monoisotopic (exact) mass is 158 g/mol. The SMILES string of the molecule is O=CCC1=CCc2ccccc21. The molecule has 2 rings (SSSR count). The zero-order chi connectivity index (χ0) is 8.39. The van der Waals surface area contributed by atoms with Crippen LogP contribution in [0.5, 0.6) is 0 Å². The summed E-state index contributed by atoms with van der Waals surface area (Å²) < 4.78 is 0. The lowest BCUT2D eigenvalue weighted by Gasteiger charge is -2.00. The lowest BCUT2D eigenvalue weighted by Crippen LogP contribution is -1.84. The molecule has 60 valence electrons. The summed E-state index contributed by atoms with van der Waals surface area (Å²) in [6.07, 6.45) is 4.64. The van der Waals surface area contributed by atoms with E-state index in [1.54, 1.807) is 0 Å². The molecule has 0 N–H and O–H groups in total. The molecule has 0 saturated heterocycles. The van der Waals surface area contributed by atoms with Gasteiger partial charge in [-0.3, -0.25) is 0 Å². The zero-order valence-electron chi connectivity index (χ0n) is 6.79. The molecule has 0 aliphatic heterocycles. The summed E-state index contributed by atoms with van der Waals surface area (Å²) in [5, 5.41) is 0. The normalized spacial score (nSPS) is 13.8. The Bertz CT molecular complexity index is 337. The van der Waals surface area contributed by atoms with Crippen molar-refractivity contribution >= 4 is 11.9 Å². The molecule has 0 atom stereocenters. The minimum absolute atomic E-state index is 0.553. The Morgan fingerprint density at radius 2 is 2.17 bits per heavy atom. The lowest BCUT2D eigenvalue weighted by molar-refractivity contribution is -0.107. The van der Waals surface area contributed by atoms with Gasteiger partial charge in [-0.05, 0) is 23.1 Å². The third-order valence-electron chi connectivity index (χ3n) is 2.23. The molecule has 1 aromatic rings. The summed E-state index contributed by atoms with van der Waals surface area (Å²) in [6, 6.07) is 8.25. The van der Waals surface area contributed by atoms with Crippen LogP contribution < -0.4 is 0 Å². The van der Waals surface area contributed by atoms with E-state index < -0.39 is 0 Å². The van der Waals surface area contributed by atoms with E-state index in [9.17, 15) is 4.79 Å². The van der Waals surface area contributed by atoms with Crippen molar-refractivity contribution < 1.29 is 4.79 Å². The Kier molecular flexibility index (Phi) is 1.78. The van der Waals surface area contributed by atoms with Gasteiger partial charge in [0.25, 0.3) is 0 Å². The summed E-state index contributed by atoms with van der Waals surface area (Å²) in [5.41, 5.74) is 3.78. The van der Waals surface area contributed by atoms with Crippen LogP contribution in [0.4, 0.5) is 0 Å². The summed E-state index contributed by atoms with van der Waals surface area (Å²) in [7, 11) is 0. The number of allylic oxidation sites excluding steroid dienone is 2. The van der Waals surface area contributed by atoms with Gasteiger partial charge in [0.15, 0.2) is 0 Å². The highest BCUT2D eigenvalue weighted by atomic mass is 16.1. The number of fused-ring (bicyclic) bond motifs is 1.